The van der Waals surface area contributed by atoms with Crippen molar-refractivity contribution in [2.75, 3.05) is 5.32 Å². The van der Waals surface area contributed by atoms with Gasteiger partial charge in [0.1, 0.15) is 5.52 Å². The van der Waals surface area contributed by atoms with E-state index in [1.807, 2.05) is 6.07 Å². The highest BCUT2D eigenvalue weighted by molar-refractivity contribution is 5.77. The largest absolute Gasteiger partial charge is 0.441 e. The molecule has 2 aromatic rings. The van der Waals surface area contributed by atoms with Gasteiger partial charge in [0, 0.05) is 18.2 Å². The van der Waals surface area contributed by atoms with Crippen LogP contribution < -0.4 is 5.32 Å². The Morgan fingerprint density at radius 2 is 2.20 bits per heavy atom. The third-order valence-electron chi connectivity index (χ3n) is 4.47. The van der Waals surface area contributed by atoms with E-state index >= 15 is 0 Å². The van der Waals surface area contributed by atoms with E-state index in [4.69, 9.17) is 4.42 Å². The molecule has 0 radical (unpaired) electrons. The molecule has 2 atom stereocenters. The van der Waals surface area contributed by atoms with Crippen LogP contribution in [0.4, 0.5) is 5.69 Å². The van der Waals surface area contributed by atoms with Crippen LogP contribution in [0.25, 0.3) is 11.1 Å². The predicted octanol–water partition coefficient (Wildman–Crippen LogP) is 4.77. The van der Waals surface area contributed by atoms with Crippen LogP contribution in [0.2, 0.25) is 0 Å². The molecule has 3 nitrogen and oxygen atoms in total. The van der Waals surface area contributed by atoms with Crippen LogP contribution >= 0.6 is 0 Å². The fourth-order valence-electron chi connectivity index (χ4n) is 3.24. The summed E-state index contributed by atoms with van der Waals surface area (Å²) in [5.41, 5.74) is 3.03. The molecule has 1 aliphatic rings. The normalized spacial score (nSPS) is 23.1. The monoisotopic (exact) mass is 272 g/mol. The first-order valence-electron chi connectivity index (χ1n) is 7.94. The number of fused-ring (bicyclic) bond motifs is 1. The van der Waals surface area contributed by atoms with Crippen LogP contribution in [-0.4, -0.2) is 11.0 Å². The van der Waals surface area contributed by atoms with Crippen molar-refractivity contribution in [2.45, 2.75) is 58.4 Å². The van der Waals surface area contributed by atoms with Gasteiger partial charge in [-0.1, -0.05) is 33.1 Å². The predicted molar refractivity (Wildman–Crippen MR) is 83.0 cm³/mol. The highest BCUT2D eigenvalue weighted by Gasteiger charge is 2.20. The Hall–Kier alpha value is -1.51. The van der Waals surface area contributed by atoms with E-state index in [0.717, 1.165) is 29.3 Å². The second-order valence-corrected chi connectivity index (χ2v) is 5.93. The lowest BCUT2D eigenvalue weighted by Crippen LogP contribution is -2.26. The summed E-state index contributed by atoms with van der Waals surface area (Å²) in [7, 11) is 0. The Morgan fingerprint density at radius 1 is 1.30 bits per heavy atom. The van der Waals surface area contributed by atoms with Crippen molar-refractivity contribution in [2.24, 2.45) is 5.92 Å². The van der Waals surface area contributed by atoms with Gasteiger partial charge < -0.3 is 9.73 Å². The molecule has 3 rings (SSSR count). The van der Waals surface area contributed by atoms with E-state index in [9.17, 15) is 0 Å². The van der Waals surface area contributed by atoms with Crippen molar-refractivity contribution in [1.29, 1.82) is 0 Å². The minimum Gasteiger partial charge on any atom is -0.441 e. The molecular formula is C17H24N2O. The second kappa shape index (κ2) is 5.86. The maximum atomic E-state index is 5.66. The topological polar surface area (TPSA) is 38.1 Å². The van der Waals surface area contributed by atoms with E-state index in [-0.39, 0.29) is 0 Å². The second-order valence-electron chi connectivity index (χ2n) is 5.93. The summed E-state index contributed by atoms with van der Waals surface area (Å²) in [6.07, 6.45) is 7.49. The van der Waals surface area contributed by atoms with E-state index in [1.165, 1.54) is 37.8 Å². The van der Waals surface area contributed by atoms with Gasteiger partial charge in [-0.15, -0.1) is 0 Å². The van der Waals surface area contributed by atoms with Gasteiger partial charge in [0.2, 0.25) is 0 Å². The molecule has 0 spiro atoms. The molecule has 0 aliphatic heterocycles. The summed E-state index contributed by atoms with van der Waals surface area (Å²) in [5.74, 6) is 1.71. The zero-order valence-corrected chi connectivity index (χ0v) is 12.5. The number of oxazole rings is 1. The Labute approximate surface area is 120 Å². The molecule has 108 valence electrons. The lowest BCUT2D eigenvalue weighted by molar-refractivity contribution is 0.327. The zero-order valence-electron chi connectivity index (χ0n) is 12.5. The third kappa shape index (κ3) is 2.82. The van der Waals surface area contributed by atoms with Crippen LogP contribution in [0.5, 0.6) is 0 Å². The summed E-state index contributed by atoms with van der Waals surface area (Å²) >= 11 is 0. The molecule has 2 unspecified atom stereocenters. The molecule has 1 fully saturated rings. The van der Waals surface area contributed by atoms with Crippen molar-refractivity contribution in [3.8, 4) is 0 Å². The van der Waals surface area contributed by atoms with Gasteiger partial charge in [-0.3, -0.25) is 0 Å². The van der Waals surface area contributed by atoms with Crippen molar-refractivity contribution in [3.63, 3.8) is 0 Å². The van der Waals surface area contributed by atoms with E-state index in [2.05, 4.69) is 36.3 Å². The van der Waals surface area contributed by atoms with Crippen molar-refractivity contribution < 1.29 is 4.42 Å². The van der Waals surface area contributed by atoms with E-state index in [1.54, 1.807) is 0 Å². The average molecular weight is 272 g/mol. The van der Waals surface area contributed by atoms with E-state index < -0.39 is 0 Å². The number of aryl methyl sites for hydroxylation is 1. The van der Waals surface area contributed by atoms with Gasteiger partial charge in [0.25, 0.3) is 0 Å². The number of aromatic nitrogens is 1. The first-order chi connectivity index (χ1) is 9.78. The SMILES string of the molecule is CCc1nc2cc(NC3CCCC(CC)C3)ccc2o1. The number of rotatable bonds is 4. The van der Waals surface area contributed by atoms with Gasteiger partial charge in [0.05, 0.1) is 0 Å². The first-order valence-corrected chi connectivity index (χ1v) is 7.94. The minimum atomic E-state index is 0.615. The van der Waals surface area contributed by atoms with Crippen molar-refractivity contribution in [3.05, 3.63) is 24.1 Å². The fraction of sp³-hybridized carbons (Fsp3) is 0.588. The van der Waals surface area contributed by atoms with Crippen LogP contribution in [0, 0.1) is 5.92 Å². The summed E-state index contributed by atoms with van der Waals surface area (Å²) in [6, 6.07) is 6.88. The smallest absolute Gasteiger partial charge is 0.195 e. The molecule has 0 bridgehead atoms. The minimum absolute atomic E-state index is 0.615. The number of anilines is 1. The Morgan fingerprint density at radius 3 is 3.00 bits per heavy atom. The van der Waals surface area contributed by atoms with Crippen molar-refractivity contribution in [1.82, 2.24) is 4.98 Å². The average Bonchev–Trinajstić information content (AvgIpc) is 2.90. The van der Waals surface area contributed by atoms with Gasteiger partial charge in [-0.05, 0) is 37.0 Å². The molecule has 1 aromatic heterocycles. The van der Waals surface area contributed by atoms with Gasteiger partial charge >= 0.3 is 0 Å². The Balaban J connectivity index is 1.73. The highest BCUT2D eigenvalue weighted by atomic mass is 16.3. The Kier molecular flexibility index (Phi) is 3.95. The van der Waals surface area contributed by atoms with E-state index in [0.29, 0.717) is 6.04 Å². The molecule has 0 saturated heterocycles. The summed E-state index contributed by atoms with van der Waals surface area (Å²) in [5, 5.41) is 3.68. The third-order valence-corrected chi connectivity index (χ3v) is 4.47. The lowest BCUT2D eigenvalue weighted by atomic mass is 9.84. The molecule has 3 heteroatoms. The summed E-state index contributed by atoms with van der Waals surface area (Å²) < 4.78 is 5.66. The van der Waals surface area contributed by atoms with Gasteiger partial charge in [0.15, 0.2) is 11.5 Å². The molecule has 0 amide bonds. The molecular weight excluding hydrogens is 248 g/mol. The standard InChI is InChI=1S/C17H24N2O/c1-3-12-6-5-7-13(10-12)18-14-8-9-16-15(11-14)19-17(4-2)20-16/h8-9,11-13,18H,3-7,10H2,1-2H3. The zero-order chi connectivity index (χ0) is 13.9. The molecule has 1 aliphatic carbocycles. The number of nitrogens with one attached hydrogen (secondary N) is 1. The molecule has 20 heavy (non-hydrogen) atoms. The number of hydrogen-bond acceptors (Lipinski definition) is 3. The maximum Gasteiger partial charge on any atom is 0.195 e. The highest BCUT2D eigenvalue weighted by Crippen LogP contribution is 2.29. The molecule has 1 aromatic carbocycles. The number of nitrogens with zero attached hydrogens (tertiary/aromatic N) is 1. The summed E-state index contributed by atoms with van der Waals surface area (Å²) in [6.45, 7) is 4.37. The van der Waals surface area contributed by atoms with Crippen molar-refractivity contribution >= 4 is 16.8 Å². The maximum absolute atomic E-state index is 5.66. The lowest BCUT2D eigenvalue weighted by Gasteiger charge is -2.29. The quantitative estimate of drug-likeness (QED) is 0.871. The molecule has 1 N–H and O–H groups in total. The number of benzene rings is 1. The number of hydrogen-bond donors (Lipinski definition) is 1. The first kappa shape index (κ1) is 13.5. The van der Waals surface area contributed by atoms with Gasteiger partial charge in [-0.25, -0.2) is 4.98 Å². The molecule has 1 heterocycles. The van der Waals surface area contributed by atoms with Crippen LogP contribution in [0.1, 0.15) is 51.8 Å². The Bertz CT molecular complexity index is 575. The van der Waals surface area contributed by atoms with Gasteiger partial charge in [-0.2, -0.15) is 0 Å². The van der Waals surface area contributed by atoms with Crippen LogP contribution in [-0.2, 0) is 6.42 Å². The van der Waals surface area contributed by atoms with Crippen LogP contribution in [0.3, 0.4) is 0 Å². The fourth-order valence-corrected chi connectivity index (χ4v) is 3.24. The summed E-state index contributed by atoms with van der Waals surface area (Å²) in [4.78, 5) is 4.51. The van der Waals surface area contributed by atoms with Crippen LogP contribution in [0.15, 0.2) is 22.6 Å². The molecule has 1 saturated carbocycles.